The van der Waals surface area contributed by atoms with Crippen LogP contribution in [-0.4, -0.2) is 11.9 Å². The minimum atomic E-state index is -1.69. The number of nitrogens with one attached hydrogen (secondary N) is 1. The second-order valence-electron chi connectivity index (χ2n) is 4.03. The molecule has 0 saturated heterocycles. The molecule has 0 saturated carbocycles. The van der Waals surface area contributed by atoms with Crippen LogP contribution in [0.2, 0.25) is 0 Å². The number of hydrogen-bond donors (Lipinski definition) is 1. The van der Waals surface area contributed by atoms with Gasteiger partial charge in [0.1, 0.15) is 5.03 Å². The van der Waals surface area contributed by atoms with Crippen LogP contribution in [-0.2, 0) is 22.4 Å². The van der Waals surface area contributed by atoms with Crippen molar-refractivity contribution in [1.82, 2.24) is 0 Å². The number of carbonyl (C=O) groups is 2. The van der Waals surface area contributed by atoms with Gasteiger partial charge in [0.2, 0.25) is 0 Å². The van der Waals surface area contributed by atoms with Crippen molar-refractivity contribution in [2.24, 2.45) is 0 Å². The van der Waals surface area contributed by atoms with Crippen molar-refractivity contribution in [3.05, 3.63) is 39.4 Å². The van der Waals surface area contributed by atoms with Gasteiger partial charge in [-0.2, -0.15) is 0 Å². The zero-order valence-corrected chi connectivity index (χ0v) is 12.6. The summed E-state index contributed by atoms with van der Waals surface area (Å²) < 4.78 is 0. The topological polar surface area (TPSA) is 69.2 Å². The zero-order chi connectivity index (χ0) is 15.3. The van der Waals surface area contributed by atoms with Crippen molar-refractivity contribution >= 4 is 40.8 Å². The molecule has 0 atom stereocenters. The smallest absolute Gasteiger partial charge is 0.268 e. The Kier molecular flexibility index (Phi) is 6.05. The third-order valence-corrected chi connectivity index (χ3v) is 3.61. The minimum Gasteiger partial charge on any atom is -0.544 e. The number of carboxylic acids is 1. The molecule has 1 aromatic carbocycles. The number of carbonyl (C=O) groups excluding carboxylic acids is 2. The van der Waals surface area contributed by atoms with Crippen molar-refractivity contribution in [1.29, 1.82) is 0 Å². The molecule has 0 radical (unpaired) electrons. The van der Waals surface area contributed by atoms with Crippen LogP contribution in [0.25, 0.3) is 0 Å². The Morgan fingerprint density at radius 1 is 1.10 bits per heavy atom. The second-order valence-corrected chi connectivity index (χ2v) is 4.78. The summed E-state index contributed by atoms with van der Waals surface area (Å²) in [6, 6.07) is 5.67. The van der Waals surface area contributed by atoms with Crippen LogP contribution in [0.1, 0.15) is 25.0 Å². The van der Waals surface area contributed by atoms with Gasteiger partial charge < -0.3 is 15.2 Å². The fourth-order valence-electron chi connectivity index (χ4n) is 1.76. The maximum absolute atomic E-state index is 11.9. The molecule has 1 amide bonds. The lowest BCUT2D eigenvalue weighted by Gasteiger charge is -2.14. The maximum Gasteiger partial charge on any atom is 0.268 e. The van der Waals surface area contributed by atoms with Gasteiger partial charge >= 0.3 is 0 Å². The van der Waals surface area contributed by atoms with Crippen LogP contribution in [0.5, 0.6) is 0 Å². The Bertz CT molecular complexity index is 545. The van der Waals surface area contributed by atoms with E-state index in [4.69, 9.17) is 23.2 Å². The third kappa shape index (κ3) is 3.74. The highest BCUT2D eigenvalue weighted by atomic mass is 35.5. The lowest BCUT2D eigenvalue weighted by Crippen LogP contribution is -2.25. The molecule has 1 rings (SSSR count). The van der Waals surface area contributed by atoms with Crippen LogP contribution in [0, 0.1) is 0 Å². The van der Waals surface area contributed by atoms with E-state index in [0.717, 1.165) is 24.0 Å². The van der Waals surface area contributed by atoms with E-state index in [1.165, 1.54) is 0 Å². The van der Waals surface area contributed by atoms with E-state index < -0.39 is 21.9 Å². The first-order valence-corrected chi connectivity index (χ1v) is 6.86. The molecule has 0 heterocycles. The monoisotopic (exact) mass is 314 g/mol. The van der Waals surface area contributed by atoms with E-state index in [9.17, 15) is 14.7 Å². The number of halogens is 2. The number of hydrogen-bond acceptors (Lipinski definition) is 3. The summed E-state index contributed by atoms with van der Waals surface area (Å²) in [4.78, 5) is 22.5. The van der Waals surface area contributed by atoms with Gasteiger partial charge in [0.05, 0.1) is 11.0 Å². The summed E-state index contributed by atoms with van der Waals surface area (Å²) in [5.41, 5.74) is 2.52. The van der Waals surface area contributed by atoms with Gasteiger partial charge in [-0.15, -0.1) is 0 Å². The third-order valence-electron chi connectivity index (χ3n) is 2.81. The highest BCUT2D eigenvalue weighted by molar-refractivity contribution is 6.54. The number of amides is 1. The van der Waals surface area contributed by atoms with Gasteiger partial charge in [-0.05, 0) is 24.0 Å². The molecule has 0 aromatic heterocycles. The van der Waals surface area contributed by atoms with E-state index in [2.05, 4.69) is 5.32 Å². The van der Waals surface area contributed by atoms with Crippen LogP contribution in [0.15, 0.2) is 28.3 Å². The summed E-state index contributed by atoms with van der Waals surface area (Å²) >= 11 is 11.0. The van der Waals surface area contributed by atoms with E-state index in [0.29, 0.717) is 5.69 Å². The van der Waals surface area contributed by atoms with Crippen molar-refractivity contribution in [2.45, 2.75) is 26.7 Å². The fourth-order valence-corrected chi connectivity index (χ4v) is 1.97. The molecule has 108 valence electrons. The minimum absolute atomic E-state index is 0.598. The predicted molar refractivity (Wildman–Crippen MR) is 77.6 cm³/mol. The number of anilines is 1. The molecule has 0 aliphatic rings. The highest BCUT2D eigenvalue weighted by Gasteiger charge is 2.16. The van der Waals surface area contributed by atoms with Gasteiger partial charge in [0.15, 0.2) is 0 Å². The largest absolute Gasteiger partial charge is 0.544 e. The fraction of sp³-hybridized carbons (Fsp3) is 0.286. The van der Waals surface area contributed by atoms with Crippen LogP contribution in [0.4, 0.5) is 5.69 Å². The Hall–Kier alpha value is -1.52. The van der Waals surface area contributed by atoms with Crippen molar-refractivity contribution in [2.75, 3.05) is 5.32 Å². The molecule has 6 heteroatoms. The first-order chi connectivity index (χ1) is 9.42. The lowest BCUT2D eigenvalue weighted by molar-refractivity contribution is -0.298. The van der Waals surface area contributed by atoms with Crippen molar-refractivity contribution in [3.63, 3.8) is 0 Å². The molecule has 20 heavy (non-hydrogen) atoms. The quantitative estimate of drug-likeness (QED) is 0.847. The average Bonchev–Trinajstić information content (AvgIpc) is 2.45. The standard InChI is InChI=1S/C14H15Cl2NO3/c1-3-8-6-5-7-9(4-2)12(8)17-13(18)10(15)11(16)14(19)20/h5-7H,3-4H2,1-2H3,(H,17,18)(H,19,20)/p-1/b11-10+. The first kappa shape index (κ1) is 16.5. The summed E-state index contributed by atoms with van der Waals surface area (Å²) in [6.07, 6.45) is 1.44. The Morgan fingerprint density at radius 3 is 2.00 bits per heavy atom. The molecular weight excluding hydrogens is 301 g/mol. The van der Waals surface area contributed by atoms with E-state index in [1.807, 2.05) is 32.0 Å². The Labute approximate surface area is 127 Å². The number of para-hydroxylation sites is 1. The highest BCUT2D eigenvalue weighted by Crippen LogP contribution is 2.24. The normalized spacial score (nSPS) is 11.8. The van der Waals surface area contributed by atoms with Crippen molar-refractivity contribution < 1.29 is 14.7 Å². The predicted octanol–water partition coefficient (Wildman–Crippen LogP) is 2.19. The summed E-state index contributed by atoms with van der Waals surface area (Å²) in [5, 5.41) is 11.8. The maximum atomic E-state index is 11.9. The lowest BCUT2D eigenvalue weighted by atomic mass is 10.0. The van der Waals surface area contributed by atoms with E-state index >= 15 is 0 Å². The van der Waals surface area contributed by atoms with Crippen LogP contribution in [0.3, 0.4) is 0 Å². The molecule has 1 aromatic rings. The SMILES string of the molecule is CCc1cccc(CC)c1NC(=O)/C(Cl)=C(\Cl)C(=O)[O-]. The molecule has 0 bridgehead atoms. The Morgan fingerprint density at radius 2 is 1.60 bits per heavy atom. The molecule has 4 nitrogen and oxygen atoms in total. The van der Waals surface area contributed by atoms with E-state index in [-0.39, 0.29) is 0 Å². The van der Waals surface area contributed by atoms with Gasteiger partial charge in [0.25, 0.3) is 5.91 Å². The average molecular weight is 315 g/mol. The van der Waals surface area contributed by atoms with Gasteiger partial charge in [0, 0.05) is 5.69 Å². The first-order valence-electron chi connectivity index (χ1n) is 6.11. The van der Waals surface area contributed by atoms with Crippen molar-refractivity contribution in [3.8, 4) is 0 Å². The molecule has 1 N–H and O–H groups in total. The number of benzene rings is 1. The molecule has 0 spiro atoms. The van der Waals surface area contributed by atoms with Crippen LogP contribution >= 0.6 is 23.2 Å². The summed E-state index contributed by atoms with van der Waals surface area (Å²) in [5.74, 6) is -2.46. The molecular formula is C14H14Cl2NO3-. The second kappa shape index (κ2) is 7.31. The summed E-state index contributed by atoms with van der Waals surface area (Å²) in [7, 11) is 0. The summed E-state index contributed by atoms with van der Waals surface area (Å²) in [6.45, 7) is 3.91. The van der Waals surface area contributed by atoms with Crippen LogP contribution < -0.4 is 10.4 Å². The number of carboxylic acid groups (broad SMARTS) is 1. The Balaban J connectivity index is 3.14. The van der Waals surface area contributed by atoms with Gasteiger partial charge in [-0.1, -0.05) is 55.2 Å². The molecule has 0 aliphatic carbocycles. The molecule has 0 aliphatic heterocycles. The van der Waals surface area contributed by atoms with Gasteiger partial charge in [-0.3, -0.25) is 4.79 Å². The van der Waals surface area contributed by atoms with Gasteiger partial charge in [-0.25, -0.2) is 0 Å². The number of aryl methyl sites for hydroxylation is 2. The number of rotatable bonds is 5. The molecule has 0 unspecified atom stereocenters. The zero-order valence-electron chi connectivity index (χ0n) is 11.1. The number of aliphatic carboxylic acids is 1. The molecule has 0 fully saturated rings. The van der Waals surface area contributed by atoms with E-state index in [1.54, 1.807) is 0 Å².